The molecule has 18 heavy (non-hydrogen) atoms. The molecule has 0 bridgehead atoms. The fourth-order valence-corrected chi connectivity index (χ4v) is 3.01. The Morgan fingerprint density at radius 2 is 2.06 bits per heavy atom. The maximum Gasteiger partial charge on any atom is 0.128 e. The van der Waals surface area contributed by atoms with E-state index in [1.165, 1.54) is 29.7 Å². The highest BCUT2D eigenvalue weighted by Crippen LogP contribution is 2.43. The van der Waals surface area contributed by atoms with Crippen molar-refractivity contribution in [3.05, 3.63) is 40.4 Å². The predicted octanol–water partition coefficient (Wildman–Crippen LogP) is 4.12. The zero-order chi connectivity index (χ0) is 12.5. The van der Waals surface area contributed by atoms with Crippen LogP contribution in [0.4, 0.5) is 0 Å². The minimum absolute atomic E-state index is 0.541. The van der Waals surface area contributed by atoms with Gasteiger partial charge in [0.05, 0.1) is 5.69 Å². The van der Waals surface area contributed by atoms with Crippen molar-refractivity contribution in [2.75, 3.05) is 0 Å². The smallest absolute Gasteiger partial charge is 0.128 e. The summed E-state index contributed by atoms with van der Waals surface area (Å²) in [6.07, 6.45) is 3.42. The first-order valence-electron chi connectivity index (χ1n) is 6.32. The van der Waals surface area contributed by atoms with Crippen molar-refractivity contribution in [3.8, 4) is 16.6 Å². The summed E-state index contributed by atoms with van der Waals surface area (Å²) in [6, 6.07) is 10.8. The van der Waals surface area contributed by atoms with E-state index in [4.69, 9.17) is 5.26 Å². The van der Waals surface area contributed by atoms with Gasteiger partial charge in [0.2, 0.25) is 0 Å². The van der Waals surface area contributed by atoms with E-state index < -0.39 is 0 Å². The van der Waals surface area contributed by atoms with Crippen molar-refractivity contribution >= 4 is 11.3 Å². The quantitative estimate of drug-likeness (QED) is 0.826. The molecule has 1 aliphatic rings. The molecule has 0 N–H and O–H groups in total. The third-order valence-corrected chi connectivity index (χ3v) is 4.35. The molecule has 0 spiro atoms. The summed E-state index contributed by atoms with van der Waals surface area (Å²) < 4.78 is 0. The van der Waals surface area contributed by atoms with Crippen LogP contribution >= 0.6 is 11.3 Å². The van der Waals surface area contributed by atoms with E-state index in [9.17, 15) is 0 Å². The number of hydrogen-bond acceptors (Lipinski definition) is 3. The largest absolute Gasteiger partial charge is 0.239 e. The third-order valence-electron chi connectivity index (χ3n) is 3.33. The second-order valence-electron chi connectivity index (χ2n) is 4.67. The van der Waals surface area contributed by atoms with E-state index in [-0.39, 0.29) is 0 Å². The van der Waals surface area contributed by atoms with Gasteiger partial charge in [0.1, 0.15) is 16.0 Å². The van der Waals surface area contributed by atoms with Gasteiger partial charge in [-0.1, -0.05) is 31.2 Å². The summed E-state index contributed by atoms with van der Waals surface area (Å²) in [5.41, 5.74) is 3.48. The van der Waals surface area contributed by atoms with Gasteiger partial charge in [-0.2, -0.15) is 5.26 Å². The highest BCUT2D eigenvalue weighted by Gasteiger charge is 2.29. The number of benzene rings is 1. The normalized spacial score (nSPS) is 14.4. The Labute approximate surface area is 111 Å². The Bertz CT molecular complexity index is 600. The third kappa shape index (κ3) is 2.04. The minimum Gasteiger partial charge on any atom is -0.239 e. The summed E-state index contributed by atoms with van der Waals surface area (Å²) in [4.78, 5) is 5.46. The second-order valence-corrected chi connectivity index (χ2v) is 5.67. The first-order chi connectivity index (χ1) is 8.81. The Morgan fingerprint density at radius 3 is 2.61 bits per heavy atom. The highest BCUT2D eigenvalue weighted by atomic mass is 32.1. The molecule has 1 heterocycles. The Kier molecular flexibility index (Phi) is 2.89. The fourth-order valence-electron chi connectivity index (χ4n) is 2.05. The summed E-state index contributed by atoms with van der Waals surface area (Å²) in [5, 5.41) is 10.1. The fraction of sp³-hybridized carbons (Fsp3) is 0.333. The first kappa shape index (κ1) is 11.4. The Balaban J connectivity index is 1.98. The van der Waals surface area contributed by atoms with Gasteiger partial charge in [0, 0.05) is 11.5 Å². The van der Waals surface area contributed by atoms with E-state index in [1.54, 1.807) is 0 Å². The summed E-state index contributed by atoms with van der Waals surface area (Å²) in [6.45, 7) is 2.15. The van der Waals surface area contributed by atoms with Crippen molar-refractivity contribution in [2.24, 2.45) is 0 Å². The number of hydrogen-bond donors (Lipinski definition) is 0. The van der Waals surface area contributed by atoms with Crippen LogP contribution in [-0.2, 0) is 6.42 Å². The lowest BCUT2D eigenvalue weighted by molar-refractivity contribution is 1.04. The zero-order valence-corrected chi connectivity index (χ0v) is 11.1. The average molecular weight is 254 g/mol. The van der Waals surface area contributed by atoms with Gasteiger partial charge < -0.3 is 0 Å². The molecule has 2 nitrogen and oxygen atoms in total. The standard InChI is InChI=1S/C15H14N2S/c1-2-10-3-5-12(6-4-10)15-17-14(11-7-8-11)13(9-16)18-15/h3-6,11H,2,7-8H2,1H3. The minimum atomic E-state index is 0.541. The lowest BCUT2D eigenvalue weighted by Crippen LogP contribution is -1.84. The lowest BCUT2D eigenvalue weighted by atomic mass is 10.1. The van der Waals surface area contributed by atoms with E-state index >= 15 is 0 Å². The van der Waals surface area contributed by atoms with Gasteiger partial charge in [0.15, 0.2) is 0 Å². The zero-order valence-electron chi connectivity index (χ0n) is 10.3. The van der Waals surface area contributed by atoms with Crippen molar-refractivity contribution in [1.82, 2.24) is 4.98 Å². The van der Waals surface area contributed by atoms with Gasteiger partial charge in [-0.05, 0) is 24.8 Å². The number of aryl methyl sites for hydroxylation is 1. The molecule has 2 aromatic rings. The molecule has 0 atom stereocenters. The molecule has 3 heteroatoms. The lowest BCUT2D eigenvalue weighted by Gasteiger charge is -1.98. The maximum absolute atomic E-state index is 9.16. The molecular formula is C15H14N2S. The van der Waals surface area contributed by atoms with Crippen LogP contribution in [-0.4, -0.2) is 4.98 Å². The molecule has 0 aliphatic heterocycles. The molecule has 0 amide bonds. The molecular weight excluding hydrogens is 240 g/mol. The maximum atomic E-state index is 9.16. The number of nitriles is 1. The Morgan fingerprint density at radius 1 is 1.33 bits per heavy atom. The van der Waals surface area contributed by atoms with Gasteiger partial charge in [-0.3, -0.25) is 0 Å². The van der Waals surface area contributed by atoms with Crippen molar-refractivity contribution in [3.63, 3.8) is 0 Å². The van der Waals surface area contributed by atoms with Crippen LogP contribution in [0.3, 0.4) is 0 Å². The monoisotopic (exact) mass is 254 g/mol. The molecule has 0 unspecified atom stereocenters. The van der Waals surface area contributed by atoms with E-state index in [2.05, 4.69) is 42.2 Å². The van der Waals surface area contributed by atoms with Gasteiger partial charge >= 0.3 is 0 Å². The topological polar surface area (TPSA) is 36.7 Å². The first-order valence-corrected chi connectivity index (χ1v) is 7.13. The van der Waals surface area contributed by atoms with Crippen LogP contribution in [0, 0.1) is 11.3 Å². The van der Waals surface area contributed by atoms with Crippen LogP contribution in [0.2, 0.25) is 0 Å². The number of nitrogens with zero attached hydrogens (tertiary/aromatic N) is 2. The summed E-state index contributed by atoms with van der Waals surface area (Å²) >= 11 is 1.52. The summed E-state index contributed by atoms with van der Waals surface area (Å²) in [7, 11) is 0. The van der Waals surface area contributed by atoms with Gasteiger partial charge in [-0.25, -0.2) is 4.98 Å². The molecule has 0 saturated heterocycles. The number of aromatic nitrogens is 1. The summed E-state index contributed by atoms with van der Waals surface area (Å²) in [5.74, 6) is 0.541. The van der Waals surface area contributed by atoms with Crippen LogP contribution in [0.5, 0.6) is 0 Å². The van der Waals surface area contributed by atoms with Crippen molar-refractivity contribution in [1.29, 1.82) is 5.26 Å². The molecule has 1 aliphatic carbocycles. The van der Waals surface area contributed by atoms with Gasteiger partial charge in [0.25, 0.3) is 0 Å². The van der Waals surface area contributed by atoms with E-state index in [0.29, 0.717) is 5.92 Å². The van der Waals surface area contributed by atoms with Crippen LogP contribution in [0.1, 0.15) is 41.8 Å². The molecule has 90 valence electrons. The molecule has 1 aromatic heterocycles. The Hall–Kier alpha value is -1.66. The highest BCUT2D eigenvalue weighted by molar-refractivity contribution is 7.15. The number of rotatable bonds is 3. The number of thiazole rings is 1. The second kappa shape index (κ2) is 4.55. The van der Waals surface area contributed by atoms with Crippen molar-refractivity contribution < 1.29 is 0 Å². The molecule has 0 radical (unpaired) electrons. The van der Waals surface area contributed by atoms with Crippen molar-refractivity contribution in [2.45, 2.75) is 32.1 Å². The predicted molar refractivity (Wildman–Crippen MR) is 73.6 cm³/mol. The molecule has 1 saturated carbocycles. The SMILES string of the molecule is CCc1ccc(-c2nc(C3CC3)c(C#N)s2)cc1. The molecule has 1 fully saturated rings. The average Bonchev–Trinajstić information content (AvgIpc) is 3.18. The molecule has 1 aromatic carbocycles. The van der Waals surface area contributed by atoms with E-state index in [1.807, 2.05) is 0 Å². The van der Waals surface area contributed by atoms with Gasteiger partial charge in [-0.15, -0.1) is 11.3 Å². The van der Waals surface area contributed by atoms with Crippen LogP contribution in [0.15, 0.2) is 24.3 Å². The van der Waals surface area contributed by atoms with Crippen LogP contribution in [0.25, 0.3) is 10.6 Å². The van der Waals surface area contributed by atoms with Crippen LogP contribution < -0.4 is 0 Å². The van der Waals surface area contributed by atoms with E-state index in [0.717, 1.165) is 27.6 Å². The molecule has 3 rings (SSSR count).